The normalized spacial score (nSPS) is 11.1. The molecule has 0 spiro atoms. The van der Waals surface area contributed by atoms with Crippen molar-refractivity contribution >= 4 is 21.4 Å². The third kappa shape index (κ3) is 3.69. The van der Waals surface area contributed by atoms with Gasteiger partial charge in [-0.05, 0) is 6.07 Å². The van der Waals surface area contributed by atoms with Crippen LogP contribution in [0.25, 0.3) is 0 Å². The molecular formula is C11H16N2O4S. The van der Waals surface area contributed by atoms with Gasteiger partial charge in [-0.2, -0.15) is 0 Å². The lowest BCUT2D eigenvalue weighted by Gasteiger charge is -2.16. The van der Waals surface area contributed by atoms with E-state index < -0.39 is 21.5 Å². The quantitative estimate of drug-likeness (QED) is 0.779. The van der Waals surface area contributed by atoms with Crippen molar-refractivity contribution in [3.63, 3.8) is 0 Å². The van der Waals surface area contributed by atoms with E-state index in [0.717, 1.165) is 0 Å². The van der Waals surface area contributed by atoms with Crippen LogP contribution in [0.5, 0.6) is 5.88 Å². The Hall–Kier alpha value is -1.63. The third-order valence-electron chi connectivity index (χ3n) is 2.47. The van der Waals surface area contributed by atoms with Crippen LogP contribution >= 0.6 is 0 Å². The zero-order valence-corrected chi connectivity index (χ0v) is 11.4. The fourth-order valence-electron chi connectivity index (χ4n) is 1.22. The summed E-state index contributed by atoms with van der Waals surface area (Å²) in [5, 5.41) is 0. The highest BCUT2D eigenvalue weighted by atomic mass is 32.2. The molecule has 0 aliphatic carbocycles. The van der Waals surface area contributed by atoms with Crippen LogP contribution in [-0.4, -0.2) is 45.0 Å². The molecule has 0 atom stereocenters. The van der Waals surface area contributed by atoms with Gasteiger partial charge in [-0.1, -0.05) is 6.92 Å². The monoisotopic (exact) mass is 272 g/mol. The Bertz CT molecular complexity index is 510. The summed E-state index contributed by atoms with van der Waals surface area (Å²) in [6, 6.07) is 3.25. The Morgan fingerprint density at radius 3 is 2.56 bits per heavy atom. The Morgan fingerprint density at radius 1 is 1.44 bits per heavy atom. The molecule has 0 aliphatic heterocycles. The van der Waals surface area contributed by atoms with Gasteiger partial charge in [0.1, 0.15) is 5.75 Å². The molecule has 0 fully saturated rings. The van der Waals surface area contributed by atoms with Gasteiger partial charge in [0, 0.05) is 18.9 Å². The van der Waals surface area contributed by atoms with Crippen molar-refractivity contribution in [2.45, 2.75) is 6.92 Å². The van der Waals surface area contributed by atoms with E-state index in [1.165, 1.54) is 32.2 Å². The molecule has 0 aliphatic rings. The van der Waals surface area contributed by atoms with Gasteiger partial charge in [-0.15, -0.1) is 0 Å². The minimum Gasteiger partial charge on any atom is -0.481 e. The van der Waals surface area contributed by atoms with Gasteiger partial charge >= 0.3 is 0 Å². The van der Waals surface area contributed by atoms with Crippen molar-refractivity contribution in [2.24, 2.45) is 0 Å². The number of hydrogen-bond acceptors (Lipinski definition) is 5. The van der Waals surface area contributed by atoms with Crippen LogP contribution in [0.4, 0.5) is 5.69 Å². The van der Waals surface area contributed by atoms with Gasteiger partial charge < -0.3 is 9.64 Å². The molecule has 1 heterocycles. The first-order chi connectivity index (χ1) is 8.39. The first-order valence-corrected chi connectivity index (χ1v) is 7.18. The number of pyridine rings is 1. The van der Waals surface area contributed by atoms with Crippen LogP contribution in [-0.2, 0) is 14.6 Å². The summed E-state index contributed by atoms with van der Waals surface area (Å²) in [5.74, 6) is -0.593. The predicted molar refractivity (Wildman–Crippen MR) is 68.5 cm³/mol. The molecule has 1 rings (SSSR count). The number of rotatable bonds is 5. The van der Waals surface area contributed by atoms with E-state index in [2.05, 4.69) is 4.98 Å². The van der Waals surface area contributed by atoms with E-state index in [9.17, 15) is 13.2 Å². The largest absolute Gasteiger partial charge is 0.481 e. The van der Waals surface area contributed by atoms with Crippen molar-refractivity contribution in [1.29, 1.82) is 0 Å². The van der Waals surface area contributed by atoms with Crippen LogP contribution in [0.1, 0.15) is 6.92 Å². The van der Waals surface area contributed by atoms with Gasteiger partial charge in [-0.25, -0.2) is 13.4 Å². The van der Waals surface area contributed by atoms with Gasteiger partial charge in [0.25, 0.3) is 0 Å². The molecule has 0 N–H and O–H groups in total. The van der Waals surface area contributed by atoms with Gasteiger partial charge in [0.05, 0.1) is 19.0 Å². The molecule has 1 aromatic heterocycles. The molecular weight excluding hydrogens is 256 g/mol. The zero-order chi connectivity index (χ0) is 13.8. The molecule has 18 heavy (non-hydrogen) atoms. The van der Waals surface area contributed by atoms with Crippen molar-refractivity contribution in [3.8, 4) is 5.88 Å². The molecule has 1 amide bonds. The second kappa shape index (κ2) is 5.81. The highest BCUT2D eigenvalue weighted by Gasteiger charge is 2.19. The van der Waals surface area contributed by atoms with Crippen molar-refractivity contribution < 1.29 is 17.9 Å². The SMILES string of the molecule is CCS(=O)(=O)CC(=O)N(C)c1ccc(OC)nc1. The van der Waals surface area contributed by atoms with Crippen molar-refractivity contribution in [2.75, 3.05) is 30.6 Å². The van der Waals surface area contributed by atoms with E-state index in [4.69, 9.17) is 4.74 Å². The lowest BCUT2D eigenvalue weighted by atomic mass is 10.4. The summed E-state index contributed by atoms with van der Waals surface area (Å²) in [4.78, 5) is 17.0. The number of anilines is 1. The first kappa shape index (κ1) is 14.4. The maximum Gasteiger partial charge on any atom is 0.241 e. The smallest absolute Gasteiger partial charge is 0.241 e. The molecule has 100 valence electrons. The van der Waals surface area contributed by atoms with E-state index in [-0.39, 0.29) is 5.75 Å². The number of amides is 1. The van der Waals surface area contributed by atoms with E-state index in [1.54, 1.807) is 12.1 Å². The number of aromatic nitrogens is 1. The Kier molecular flexibility index (Phi) is 4.66. The van der Waals surface area contributed by atoms with Crippen LogP contribution in [0.3, 0.4) is 0 Å². The second-order valence-corrected chi connectivity index (χ2v) is 6.04. The maximum absolute atomic E-state index is 11.8. The average molecular weight is 272 g/mol. The van der Waals surface area contributed by atoms with E-state index >= 15 is 0 Å². The maximum atomic E-state index is 11.8. The first-order valence-electron chi connectivity index (χ1n) is 5.36. The molecule has 0 unspecified atom stereocenters. The number of carbonyl (C=O) groups is 1. The summed E-state index contributed by atoms with van der Waals surface area (Å²) >= 11 is 0. The van der Waals surface area contributed by atoms with Crippen LogP contribution in [0.2, 0.25) is 0 Å². The summed E-state index contributed by atoms with van der Waals surface area (Å²) in [6.07, 6.45) is 1.45. The van der Waals surface area contributed by atoms with Crippen LogP contribution < -0.4 is 9.64 Å². The summed E-state index contributed by atoms with van der Waals surface area (Å²) in [7, 11) is -0.319. The van der Waals surface area contributed by atoms with E-state index in [1.807, 2.05) is 0 Å². The minimum absolute atomic E-state index is 0.0482. The summed E-state index contributed by atoms with van der Waals surface area (Å²) in [5.41, 5.74) is 0.520. The Morgan fingerprint density at radius 2 is 2.11 bits per heavy atom. The number of carbonyl (C=O) groups excluding carboxylic acids is 1. The summed E-state index contributed by atoms with van der Waals surface area (Å²) < 4.78 is 27.6. The highest BCUT2D eigenvalue weighted by Crippen LogP contribution is 2.15. The predicted octanol–water partition coefficient (Wildman–Crippen LogP) is 0.488. The molecule has 0 bridgehead atoms. The third-order valence-corrected chi connectivity index (χ3v) is 4.04. The van der Waals surface area contributed by atoms with Crippen LogP contribution in [0, 0.1) is 0 Å². The lowest BCUT2D eigenvalue weighted by molar-refractivity contribution is -0.115. The van der Waals surface area contributed by atoms with Gasteiger partial charge in [0.15, 0.2) is 9.84 Å². The van der Waals surface area contributed by atoms with E-state index in [0.29, 0.717) is 11.6 Å². The minimum atomic E-state index is -3.32. The number of nitrogens with zero attached hydrogens (tertiary/aromatic N) is 2. The molecule has 6 nitrogen and oxygen atoms in total. The standard InChI is InChI=1S/C11H16N2O4S/c1-4-18(15,16)8-11(14)13(2)9-5-6-10(17-3)12-7-9/h5-7H,4,8H2,1-3H3. The highest BCUT2D eigenvalue weighted by molar-refractivity contribution is 7.92. The number of hydrogen-bond donors (Lipinski definition) is 0. The fraction of sp³-hybridized carbons (Fsp3) is 0.455. The summed E-state index contributed by atoms with van der Waals surface area (Å²) in [6.45, 7) is 1.51. The molecule has 0 aromatic carbocycles. The van der Waals surface area contributed by atoms with Gasteiger partial charge in [-0.3, -0.25) is 4.79 Å². The Labute approximate surface area is 107 Å². The average Bonchev–Trinajstić information content (AvgIpc) is 2.37. The Balaban J connectivity index is 2.80. The molecule has 0 saturated carbocycles. The molecule has 0 radical (unpaired) electrons. The topological polar surface area (TPSA) is 76.6 Å². The fourth-order valence-corrected chi connectivity index (χ4v) is 2.00. The molecule has 0 saturated heterocycles. The lowest BCUT2D eigenvalue weighted by Crippen LogP contribution is -2.33. The number of sulfone groups is 1. The number of methoxy groups -OCH3 is 1. The van der Waals surface area contributed by atoms with Crippen molar-refractivity contribution in [3.05, 3.63) is 18.3 Å². The zero-order valence-electron chi connectivity index (χ0n) is 10.6. The second-order valence-electron chi connectivity index (χ2n) is 3.69. The van der Waals surface area contributed by atoms with Crippen LogP contribution in [0.15, 0.2) is 18.3 Å². The van der Waals surface area contributed by atoms with Crippen molar-refractivity contribution in [1.82, 2.24) is 4.98 Å². The number of ether oxygens (including phenoxy) is 1. The molecule has 1 aromatic rings. The molecule has 7 heteroatoms. The van der Waals surface area contributed by atoms with Gasteiger partial charge in [0.2, 0.25) is 11.8 Å².